The number of carboxylic acids is 1. The smallest absolute Gasteiger partial charge is 0.305 e. The zero-order valence-corrected chi connectivity index (χ0v) is 9.69. The molecule has 0 heterocycles. The van der Waals surface area contributed by atoms with Crippen LogP contribution in [0.15, 0.2) is 30.3 Å². The summed E-state index contributed by atoms with van der Waals surface area (Å²) in [5, 5.41) is 11.0. The molecule has 0 radical (unpaired) electrons. The molecule has 0 spiro atoms. The maximum absolute atomic E-state index is 11.3. The Hall–Kier alpha value is -1.84. The molecule has 0 aliphatic heterocycles. The average molecular weight is 235 g/mol. The van der Waals surface area contributed by atoms with Crippen LogP contribution in [-0.2, 0) is 16.0 Å². The predicted molar refractivity (Wildman–Crippen MR) is 64.6 cm³/mol. The molecule has 4 heteroatoms. The zero-order valence-electron chi connectivity index (χ0n) is 9.69. The Bertz CT molecular complexity index is 362. The fraction of sp³-hybridized carbons (Fsp3) is 0.385. The van der Waals surface area contributed by atoms with Gasteiger partial charge in [0, 0.05) is 13.0 Å². The molecule has 1 rings (SSSR count). The first-order valence-electron chi connectivity index (χ1n) is 5.71. The van der Waals surface area contributed by atoms with Gasteiger partial charge in [-0.25, -0.2) is 0 Å². The van der Waals surface area contributed by atoms with Gasteiger partial charge < -0.3 is 10.4 Å². The normalized spacial score (nSPS) is 9.88. The van der Waals surface area contributed by atoms with Crippen LogP contribution >= 0.6 is 0 Å². The molecule has 0 saturated heterocycles. The summed E-state index contributed by atoms with van der Waals surface area (Å²) in [7, 11) is 0. The molecule has 2 N–H and O–H groups in total. The van der Waals surface area contributed by atoms with Gasteiger partial charge in [0.05, 0.1) is 6.42 Å². The van der Waals surface area contributed by atoms with E-state index < -0.39 is 5.97 Å². The Morgan fingerprint density at radius 1 is 1.12 bits per heavy atom. The van der Waals surface area contributed by atoms with Crippen molar-refractivity contribution in [2.75, 3.05) is 6.54 Å². The quantitative estimate of drug-likeness (QED) is 0.754. The molecule has 0 unspecified atom stereocenters. The minimum absolute atomic E-state index is 0.0234. The highest BCUT2D eigenvalue weighted by Crippen LogP contribution is 2.04. The van der Waals surface area contributed by atoms with Gasteiger partial charge in [-0.05, 0) is 18.4 Å². The summed E-state index contributed by atoms with van der Waals surface area (Å²) in [6.45, 7) is 0.208. The summed E-state index contributed by atoms with van der Waals surface area (Å²) >= 11 is 0. The van der Waals surface area contributed by atoms with Gasteiger partial charge in [0.2, 0.25) is 5.91 Å². The third-order valence-corrected chi connectivity index (χ3v) is 2.37. The average Bonchev–Trinajstić information content (AvgIpc) is 2.30. The molecule has 92 valence electrons. The second-order valence-corrected chi connectivity index (χ2v) is 3.83. The number of rotatable bonds is 7. The van der Waals surface area contributed by atoms with Crippen molar-refractivity contribution in [1.29, 1.82) is 0 Å². The molecule has 0 aromatic heterocycles. The molecule has 0 fully saturated rings. The summed E-state index contributed by atoms with van der Waals surface area (Å²) in [6.07, 6.45) is 2.06. The summed E-state index contributed by atoms with van der Waals surface area (Å²) in [6, 6.07) is 9.97. The molecule has 4 nitrogen and oxygen atoms in total. The largest absolute Gasteiger partial charge is 0.481 e. The number of hydrogen-bond acceptors (Lipinski definition) is 2. The molecule has 17 heavy (non-hydrogen) atoms. The standard InChI is InChI=1S/C13H17NO3/c15-12(14-10-9-13(16)17)8-4-7-11-5-2-1-3-6-11/h1-3,5-6H,4,7-10H2,(H,14,15)(H,16,17). The van der Waals surface area contributed by atoms with E-state index in [1.807, 2.05) is 30.3 Å². The summed E-state index contributed by atoms with van der Waals surface area (Å²) < 4.78 is 0. The second-order valence-electron chi connectivity index (χ2n) is 3.83. The van der Waals surface area contributed by atoms with E-state index in [4.69, 9.17) is 5.11 Å². The van der Waals surface area contributed by atoms with Crippen LogP contribution in [0.2, 0.25) is 0 Å². The van der Waals surface area contributed by atoms with Gasteiger partial charge in [-0.1, -0.05) is 30.3 Å². The van der Waals surface area contributed by atoms with E-state index in [-0.39, 0.29) is 18.9 Å². The zero-order chi connectivity index (χ0) is 12.5. The minimum Gasteiger partial charge on any atom is -0.481 e. The maximum atomic E-state index is 11.3. The van der Waals surface area contributed by atoms with Crippen molar-refractivity contribution >= 4 is 11.9 Å². The van der Waals surface area contributed by atoms with Crippen molar-refractivity contribution in [3.8, 4) is 0 Å². The van der Waals surface area contributed by atoms with Crippen LogP contribution in [0.3, 0.4) is 0 Å². The highest BCUT2D eigenvalue weighted by molar-refractivity contribution is 5.76. The molecule has 0 aliphatic rings. The number of nitrogens with one attached hydrogen (secondary N) is 1. The monoisotopic (exact) mass is 235 g/mol. The van der Waals surface area contributed by atoms with Crippen molar-refractivity contribution < 1.29 is 14.7 Å². The first kappa shape index (κ1) is 13.2. The Morgan fingerprint density at radius 2 is 1.82 bits per heavy atom. The van der Waals surface area contributed by atoms with Gasteiger partial charge in [-0.2, -0.15) is 0 Å². The van der Waals surface area contributed by atoms with Crippen LogP contribution < -0.4 is 5.32 Å². The van der Waals surface area contributed by atoms with Crippen molar-refractivity contribution in [2.45, 2.75) is 25.7 Å². The Labute approximate surface area is 101 Å². The lowest BCUT2D eigenvalue weighted by molar-refractivity contribution is -0.136. The Morgan fingerprint density at radius 3 is 2.47 bits per heavy atom. The molecule has 0 saturated carbocycles. The van der Waals surface area contributed by atoms with Crippen molar-refractivity contribution in [3.63, 3.8) is 0 Å². The van der Waals surface area contributed by atoms with Gasteiger partial charge >= 0.3 is 5.97 Å². The van der Waals surface area contributed by atoms with Crippen molar-refractivity contribution in [3.05, 3.63) is 35.9 Å². The molecular weight excluding hydrogens is 218 g/mol. The predicted octanol–water partition coefficient (Wildman–Crippen LogP) is 1.60. The summed E-state index contributed by atoms with van der Waals surface area (Å²) in [4.78, 5) is 21.5. The summed E-state index contributed by atoms with van der Waals surface area (Å²) in [5.74, 6) is -0.975. The van der Waals surface area contributed by atoms with Crippen LogP contribution in [0, 0.1) is 0 Å². The van der Waals surface area contributed by atoms with Crippen LogP contribution in [-0.4, -0.2) is 23.5 Å². The molecule has 1 aromatic carbocycles. The van der Waals surface area contributed by atoms with E-state index >= 15 is 0 Å². The Balaban J connectivity index is 2.10. The number of aryl methyl sites for hydroxylation is 1. The third kappa shape index (κ3) is 6.35. The number of amides is 1. The number of aliphatic carboxylic acids is 1. The highest BCUT2D eigenvalue weighted by atomic mass is 16.4. The van der Waals surface area contributed by atoms with Gasteiger partial charge in [-0.15, -0.1) is 0 Å². The molecule has 1 amide bonds. The van der Waals surface area contributed by atoms with Crippen LogP contribution in [0.25, 0.3) is 0 Å². The van der Waals surface area contributed by atoms with Crippen LogP contribution in [0.4, 0.5) is 0 Å². The van der Waals surface area contributed by atoms with E-state index in [1.165, 1.54) is 5.56 Å². The van der Waals surface area contributed by atoms with Gasteiger partial charge in [-0.3, -0.25) is 9.59 Å². The first-order chi connectivity index (χ1) is 8.18. The lowest BCUT2D eigenvalue weighted by atomic mass is 10.1. The molecule has 0 atom stereocenters. The number of carboxylic acid groups (broad SMARTS) is 1. The van der Waals surface area contributed by atoms with Crippen LogP contribution in [0.5, 0.6) is 0 Å². The fourth-order valence-corrected chi connectivity index (χ4v) is 1.49. The first-order valence-corrected chi connectivity index (χ1v) is 5.71. The minimum atomic E-state index is -0.894. The topological polar surface area (TPSA) is 66.4 Å². The van der Waals surface area contributed by atoms with Gasteiger partial charge in [0.1, 0.15) is 0 Å². The highest BCUT2D eigenvalue weighted by Gasteiger charge is 2.02. The van der Waals surface area contributed by atoms with Crippen LogP contribution in [0.1, 0.15) is 24.8 Å². The van der Waals surface area contributed by atoms with Crippen molar-refractivity contribution in [2.24, 2.45) is 0 Å². The van der Waals surface area contributed by atoms with Crippen molar-refractivity contribution in [1.82, 2.24) is 5.32 Å². The van der Waals surface area contributed by atoms with E-state index in [1.54, 1.807) is 0 Å². The molecule has 0 bridgehead atoms. The SMILES string of the molecule is O=C(O)CCNC(=O)CCCc1ccccc1. The van der Waals surface area contributed by atoms with Gasteiger partial charge in [0.15, 0.2) is 0 Å². The maximum Gasteiger partial charge on any atom is 0.305 e. The third-order valence-electron chi connectivity index (χ3n) is 2.37. The second kappa shape index (κ2) is 7.44. The molecule has 1 aromatic rings. The molecule has 0 aliphatic carbocycles. The lowest BCUT2D eigenvalue weighted by Crippen LogP contribution is -2.25. The fourth-order valence-electron chi connectivity index (χ4n) is 1.49. The van der Waals surface area contributed by atoms with E-state index in [0.717, 1.165) is 12.8 Å². The van der Waals surface area contributed by atoms with E-state index in [9.17, 15) is 9.59 Å². The number of carbonyl (C=O) groups excluding carboxylic acids is 1. The number of hydrogen-bond donors (Lipinski definition) is 2. The van der Waals surface area contributed by atoms with E-state index in [2.05, 4.69) is 5.32 Å². The molecular formula is C13H17NO3. The summed E-state index contributed by atoms with van der Waals surface area (Å²) in [5.41, 5.74) is 1.21. The lowest BCUT2D eigenvalue weighted by Gasteiger charge is -2.03. The van der Waals surface area contributed by atoms with Gasteiger partial charge in [0.25, 0.3) is 0 Å². The number of carbonyl (C=O) groups is 2. The Kier molecular flexibility index (Phi) is 5.79. The number of benzene rings is 1. The van der Waals surface area contributed by atoms with E-state index in [0.29, 0.717) is 6.42 Å².